The molecule has 24 heavy (non-hydrogen) atoms. The molecule has 0 amide bonds. The average molecular weight is 312 g/mol. The number of rotatable bonds is 3. The highest BCUT2D eigenvalue weighted by Gasteiger charge is 2.47. The van der Waals surface area contributed by atoms with Crippen LogP contribution in [0.3, 0.4) is 0 Å². The molecule has 0 aliphatic heterocycles. The first-order valence-corrected chi connectivity index (χ1v) is 8.43. The Morgan fingerprint density at radius 1 is 0.833 bits per heavy atom. The number of benzene rings is 3. The van der Waals surface area contributed by atoms with E-state index < -0.39 is 5.41 Å². The molecule has 0 spiro atoms. The van der Waals surface area contributed by atoms with Crippen LogP contribution in [0, 0.1) is 6.92 Å². The topological polar surface area (TPSA) is 17.1 Å². The lowest BCUT2D eigenvalue weighted by Crippen LogP contribution is -2.36. The van der Waals surface area contributed by atoms with Crippen LogP contribution in [-0.2, 0) is 18.3 Å². The van der Waals surface area contributed by atoms with Crippen LogP contribution in [0.1, 0.15) is 32.6 Å². The minimum Gasteiger partial charge on any atom is -0.293 e. The summed E-state index contributed by atoms with van der Waals surface area (Å²) < 4.78 is 0. The summed E-state index contributed by atoms with van der Waals surface area (Å²) in [6.07, 6.45) is 1.52. The molecule has 0 aromatic heterocycles. The first-order chi connectivity index (χ1) is 11.7. The lowest BCUT2D eigenvalue weighted by atomic mass is 9.71. The second kappa shape index (κ2) is 5.76. The Balaban J connectivity index is 1.89. The summed E-state index contributed by atoms with van der Waals surface area (Å²) in [6.45, 7) is 2.11. The third kappa shape index (κ3) is 2.28. The molecule has 3 aromatic rings. The lowest BCUT2D eigenvalue weighted by molar-refractivity contribution is 0.0901. The van der Waals surface area contributed by atoms with Crippen LogP contribution in [0.25, 0.3) is 0 Å². The Morgan fingerprint density at radius 3 is 2.25 bits per heavy atom. The zero-order valence-electron chi connectivity index (χ0n) is 13.8. The molecule has 1 atom stereocenters. The van der Waals surface area contributed by atoms with Crippen LogP contribution >= 0.6 is 0 Å². The molecule has 3 aromatic carbocycles. The molecule has 0 fully saturated rings. The highest BCUT2D eigenvalue weighted by Crippen LogP contribution is 2.43. The van der Waals surface area contributed by atoms with Gasteiger partial charge >= 0.3 is 0 Å². The predicted octanol–water partition coefficient (Wildman–Crippen LogP) is 4.91. The Labute approximate surface area is 143 Å². The first-order valence-electron chi connectivity index (χ1n) is 8.43. The molecule has 1 nitrogen and oxygen atoms in total. The van der Waals surface area contributed by atoms with Crippen LogP contribution in [0.15, 0.2) is 78.9 Å². The van der Waals surface area contributed by atoms with E-state index in [0.29, 0.717) is 0 Å². The van der Waals surface area contributed by atoms with Gasteiger partial charge < -0.3 is 0 Å². The molecule has 0 saturated carbocycles. The summed E-state index contributed by atoms with van der Waals surface area (Å²) in [7, 11) is 0. The molecule has 1 heteroatoms. The van der Waals surface area contributed by atoms with Crippen LogP contribution in [0.2, 0.25) is 0 Å². The minimum atomic E-state index is -0.490. The maximum Gasteiger partial charge on any atom is 0.174 e. The SMILES string of the molecule is Cc1ccccc1[C@]1(Cc2ccccc2)Cc2ccccc2C1=O. The van der Waals surface area contributed by atoms with E-state index in [1.54, 1.807) is 0 Å². The molecule has 1 aliphatic rings. The van der Waals surface area contributed by atoms with Gasteiger partial charge in [0, 0.05) is 5.56 Å². The monoisotopic (exact) mass is 312 g/mol. The van der Waals surface area contributed by atoms with Crippen molar-refractivity contribution >= 4 is 5.78 Å². The van der Waals surface area contributed by atoms with Crippen LogP contribution in [0.4, 0.5) is 0 Å². The van der Waals surface area contributed by atoms with Crippen molar-refractivity contribution in [2.45, 2.75) is 25.2 Å². The fourth-order valence-corrected chi connectivity index (χ4v) is 4.07. The van der Waals surface area contributed by atoms with E-state index in [1.807, 2.05) is 48.5 Å². The zero-order valence-corrected chi connectivity index (χ0v) is 13.8. The van der Waals surface area contributed by atoms with Crippen molar-refractivity contribution in [2.75, 3.05) is 0 Å². The number of hydrogen-bond acceptors (Lipinski definition) is 1. The van der Waals surface area contributed by atoms with Crippen molar-refractivity contribution in [3.05, 3.63) is 107 Å². The minimum absolute atomic E-state index is 0.260. The van der Waals surface area contributed by atoms with Gasteiger partial charge in [0.05, 0.1) is 5.41 Å². The Morgan fingerprint density at radius 2 is 1.50 bits per heavy atom. The normalized spacial score (nSPS) is 19.3. The van der Waals surface area contributed by atoms with Gasteiger partial charge in [0.25, 0.3) is 0 Å². The second-order valence-corrected chi connectivity index (χ2v) is 6.72. The zero-order chi connectivity index (χ0) is 16.6. The first kappa shape index (κ1) is 14.9. The van der Waals surface area contributed by atoms with Crippen LogP contribution < -0.4 is 0 Å². The van der Waals surface area contributed by atoms with Gasteiger partial charge in [-0.05, 0) is 42.0 Å². The predicted molar refractivity (Wildman–Crippen MR) is 97.5 cm³/mol. The standard InChI is InChI=1S/C23H20O/c1-17-9-5-8-14-21(17)23(15-18-10-3-2-4-11-18)16-19-12-6-7-13-20(19)22(23)24/h2-14H,15-16H2,1H3/t23-/m0/s1. The van der Waals surface area contributed by atoms with Crippen molar-refractivity contribution in [3.63, 3.8) is 0 Å². The fourth-order valence-electron chi connectivity index (χ4n) is 4.07. The molecular weight excluding hydrogens is 292 g/mol. The van der Waals surface area contributed by atoms with Crippen molar-refractivity contribution in [1.29, 1.82) is 0 Å². The number of ketones is 1. The third-order valence-electron chi connectivity index (χ3n) is 5.20. The lowest BCUT2D eigenvalue weighted by Gasteiger charge is -2.30. The smallest absolute Gasteiger partial charge is 0.174 e. The quantitative estimate of drug-likeness (QED) is 0.671. The fraction of sp³-hybridized carbons (Fsp3) is 0.174. The molecule has 0 unspecified atom stereocenters. The molecule has 118 valence electrons. The molecule has 1 aliphatic carbocycles. The molecular formula is C23H20O. The van der Waals surface area contributed by atoms with Crippen LogP contribution in [-0.4, -0.2) is 5.78 Å². The van der Waals surface area contributed by atoms with E-state index >= 15 is 0 Å². The van der Waals surface area contributed by atoms with E-state index in [2.05, 4.69) is 37.3 Å². The molecule has 0 bridgehead atoms. The van der Waals surface area contributed by atoms with E-state index in [1.165, 1.54) is 16.7 Å². The number of aryl methyl sites for hydroxylation is 1. The third-order valence-corrected chi connectivity index (χ3v) is 5.20. The number of carbonyl (C=O) groups excluding carboxylic acids is 1. The van der Waals surface area contributed by atoms with Gasteiger partial charge in [0.2, 0.25) is 0 Å². The maximum atomic E-state index is 13.5. The van der Waals surface area contributed by atoms with Gasteiger partial charge in [-0.15, -0.1) is 0 Å². The van der Waals surface area contributed by atoms with Gasteiger partial charge in [-0.1, -0.05) is 78.9 Å². The number of fused-ring (bicyclic) bond motifs is 1. The van der Waals surface area contributed by atoms with Crippen molar-refractivity contribution in [3.8, 4) is 0 Å². The van der Waals surface area contributed by atoms with Gasteiger partial charge in [-0.25, -0.2) is 0 Å². The largest absolute Gasteiger partial charge is 0.293 e. The molecule has 0 N–H and O–H groups in total. The molecule has 0 radical (unpaired) electrons. The van der Waals surface area contributed by atoms with Gasteiger partial charge in [0.1, 0.15) is 0 Å². The van der Waals surface area contributed by atoms with Crippen LogP contribution in [0.5, 0.6) is 0 Å². The number of hydrogen-bond donors (Lipinski definition) is 0. The number of Topliss-reactive ketones (excluding diaryl/α,β-unsaturated/α-hetero) is 1. The van der Waals surface area contributed by atoms with E-state index in [9.17, 15) is 4.79 Å². The maximum absolute atomic E-state index is 13.5. The summed E-state index contributed by atoms with van der Waals surface area (Å²) in [6, 6.07) is 26.8. The number of carbonyl (C=O) groups is 1. The van der Waals surface area contributed by atoms with Gasteiger partial charge in [-0.3, -0.25) is 4.79 Å². The molecule has 0 saturated heterocycles. The van der Waals surface area contributed by atoms with E-state index in [-0.39, 0.29) is 5.78 Å². The van der Waals surface area contributed by atoms with E-state index in [0.717, 1.165) is 24.0 Å². The molecule has 4 rings (SSSR count). The Hall–Kier alpha value is -2.67. The Kier molecular flexibility index (Phi) is 3.57. The van der Waals surface area contributed by atoms with Gasteiger partial charge in [-0.2, -0.15) is 0 Å². The summed E-state index contributed by atoms with van der Waals surface area (Å²) in [5, 5.41) is 0. The van der Waals surface area contributed by atoms with Gasteiger partial charge in [0.15, 0.2) is 5.78 Å². The highest BCUT2D eigenvalue weighted by atomic mass is 16.1. The second-order valence-electron chi connectivity index (χ2n) is 6.72. The Bertz CT molecular complexity index is 895. The van der Waals surface area contributed by atoms with Crippen molar-refractivity contribution in [2.24, 2.45) is 0 Å². The summed E-state index contributed by atoms with van der Waals surface area (Å²) in [4.78, 5) is 13.5. The highest BCUT2D eigenvalue weighted by molar-refractivity contribution is 6.08. The summed E-state index contributed by atoms with van der Waals surface area (Å²) in [5.41, 5.74) is 5.13. The summed E-state index contributed by atoms with van der Waals surface area (Å²) >= 11 is 0. The average Bonchev–Trinajstić information content (AvgIpc) is 2.89. The van der Waals surface area contributed by atoms with Crippen molar-refractivity contribution in [1.82, 2.24) is 0 Å². The molecule has 0 heterocycles. The van der Waals surface area contributed by atoms with Crippen molar-refractivity contribution < 1.29 is 4.79 Å². The summed E-state index contributed by atoms with van der Waals surface area (Å²) in [5.74, 6) is 0.260. The van der Waals surface area contributed by atoms with E-state index in [4.69, 9.17) is 0 Å².